The maximum atomic E-state index is 6.29. The normalized spacial score (nSPS) is 14.2. The summed E-state index contributed by atoms with van der Waals surface area (Å²) in [6.45, 7) is 16.6. The lowest BCUT2D eigenvalue weighted by molar-refractivity contribution is 0.0270. The molecule has 39 heavy (non-hydrogen) atoms. The van der Waals surface area contributed by atoms with E-state index in [1.807, 2.05) is 26.8 Å². The predicted molar refractivity (Wildman–Crippen MR) is 165 cm³/mol. The van der Waals surface area contributed by atoms with Crippen molar-refractivity contribution in [2.24, 2.45) is 5.92 Å². The van der Waals surface area contributed by atoms with E-state index in [2.05, 4.69) is 41.0 Å². The molecule has 0 aliphatic rings. The monoisotopic (exact) mass is 580 g/mol. The Balaban J connectivity index is 3.11. The van der Waals surface area contributed by atoms with Crippen molar-refractivity contribution in [3.05, 3.63) is 65.1 Å². The number of nitrogens with one attached hydrogen (secondary N) is 2. The summed E-state index contributed by atoms with van der Waals surface area (Å²) in [5.74, 6) is 2.33. The van der Waals surface area contributed by atoms with E-state index in [-0.39, 0.29) is 12.1 Å². The number of rotatable bonds is 18. The van der Waals surface area contributed by atoms with Crippen LogP contribution in [0.5, 0.6) is 11.5 Å². The van der Waals surface area contributed by atoms with E-state index in [1.165, 1.54) is 25.6 Å². The molecule has 9 heteroatoms. The summed E-state index contributed by atoms with van der Waals surface area (Å²) >= 11 is 12.4. The van der Waals surface area contributed by atoms with Crippen LogP contribution in [0.2, 0.25) is 0 Å². The van der Waals surface area contributed by atoms with E-state index < -0.39 is 0 Å². The first-order chi connectivity index (χ1) is 18.8. The molecule has 0 aliphatic heterocycles. The molecular formula is C30H46Cl2N4O3. The van der Waals surface area contributed by atoms with Crippen molar-refractivity contribution in [1.82, 2.24) is 15.3 Å². The van der Waals surface area contributed by atoms with Crippen molar-refractivity contribution in [1.29, 1.82) is 0 Å². The molecule has 0 aliphatic carbocycles. The van der Waals surface area contributed by atoms with Crippen LogP contribution in [0.15, 0.2) is 59.4 Å². The molecule has 0 bridgehead atoms. The van der Waals surface area contributed by atoms with Gasteiger partial charge in [-0.3, -0.25) is 0 Å². The lowest BCUT2D eigenvalue weighted by Crippen LogP contribution is -2.36. The van der Waals surface area contributed by atoms with E-state index in [0.29, 0.717) is 58.8 Å². The first kappa shape index (κ1) is 34.7. The van der Waals surface area contributed by atoms with Crippen LogP contribution in [0.4, 0.5) is 5.82 Å². The number of ether oxygens (including phenoxy) is 3. The molecule has 0 amide bonds. The van der Waals surface area contributed by atoms with Gasteiger partial charge < -0.3 is 24.8 Å². The number of anilines is 1. The van der Waals surface area contributed by atoms with Gasteiger partial charge in [-0.05, 0) is 63.9 Å². The molecule has 0 saturated heterocycles. The fourth-order valence-corrected chi connectivity index (χ4v) is 4.18. The van der Waals surface area contributed by atoms with Crippen LogP contribution in [0, 0.1) is 12.8 Å². The zero-order chi connectivity index (χ0) is 29.0. The van der Waals surface area contributed by atoms with Gasteiger partial charge in [0.15, 0.2) is 11.5 Å². The third-order valence-electron chi connectivity index (χ3n) is 5.82. The summed E-state index contributed by atoms with van der Waals surface area (Å²) in [7, 11) is 1.60. The summed E-state index contributed by atoms with van der Waals surface area (Å²) in [5.41, 5.74) is 0.715. The molecule has 0 saturated carbocycles. The fourth-order valence-electron chi connectivity index (χ4n) is 3.78. The molecule has 2 N–H and O–H groups in total. The third kappa shape index (κ3) is 14.6. The highest BCUT2D eigenvalue weighted by Crippen LogP contribution is 2.26. The molecule has 3 unspecified atom stereocenters. The Morgan fingerprint density at radius 3 is 2.51 bits per heavy atom. The molecule has 1 heterocycles. The van der Waals surface area contributed by atoms with Crippen molar-refractivity contribution in [2.75, 3.05) is 38.7 Å². The van der Waals surface area contributed by atoms with Crippen molar-refractivity contribution >= 4 is 29.0 Å². The number of nitrogens with zero attached hydrogens (tertiary/aromatic N) is 2. The summed E-state index contributed by atoms with van der Waals surface area (Å²) in [5, 5.41) is 7.66. The first-order valence-electron chi connectivity index (χ1n) is 13.6. The number of halogens is 2. The van der Waals surface area contributed by atoms with Gasteiger partial charge in [-0.2, -0.15) is 0 Å². The minimum atomic E-state index is -0.171. The Bertz CT molecular complexity index is 987. The largest absolute Gasteiger partial charge is 0.493 e. The van der Waals surface area contributed by atoms with E-state index in [1.54, 1.807) is 37.5 Å². The van der Waals surface area contributed by atoms with Crippen LogP contribution in [-0.2, 0) is 4.74 Å². The van der Waals surface area contributed by atoms with Gasteiger partial charge in [-0.25, -0.2) is 9.97 Å². The molecule has 7 nitrogen and oxygen atoms in total. The molecular weight excluding hydrogens is 535 g/mol. The van der Waals surface area contributed by atoms with Gasteiger partial charge in [0.25, 0.3) is 0 Å². The van der Waals surface area contributed by atoms with Gasteiger partial charge in [-0.1, -0.05) is 62.5 Å². The molecule has 218 valence electrons. The van der Waals surface area contributed by atoms with Crippen LogP contribution in [0.3, 0.4) is 0 Å². The van der Waals surface area contributed by atoms with Crippen molar-refractivity contribution in [3.63, 3.8) is 0 Å². The quantitative estimate of drug-likeness (QED) is 0.176. The van der Waals surface area contributed by atoms with Crippen molar-refractivity contribution in [3.8, 4) is 11.5 Å². The van der Waals surface area contributed by atoms with E-state index in [9.17, 15) is 0 Å². The van der Waals surface area contributed by atoms with Gasteiger partial charge in [0.1, 0.15) is 24.9 Å². The maximum absolute atomic E-state index is 6.29. The zero-order valence-electron chi connectivity index (χ0n) is 24.3. The fraction of sp³-hybridized carbons (Fsp3) is 0.533. The van der Waals surface area contributed by atoms with Crippen molar-refractivity contribution < 1.29 is 14.2 Å². The Kier molecular flexibility index (Phi) is 18.3. The lowest BCUT2D eigenvalue weighted by atomic mass is 10.0. The minimum absolute atomic E-state index is 0.102. The molecule has 0 fully saturated rings. The van der Waals surface area contributed by atoms with Crippen LogP contribution in [-0.4, -0.2) is 55.5 Å². The van der Waals surface area contributed by atoms with Crippen LogP contribution in [0.25, 0.3) is 0 Å². The molecule has 1 aromatic rings. The molecule has 0 spiro atoms. The predicted octanol–water partition coefficient (Wildman–Crippen LogP) is 7.35. The lowest BCUT2D eigenvalue weighted by Gasteiger charge is -2.21. The summed E-state index contributed by atoms with van der Waals surface area (Å²) < 4.78 is 17.8. The van der Waals surface area contributed by atoms with Gasteiger partial charge >= 0.3 is 0 Å². The number of hydrogen-bond donors (Lipinski definition) is 2. The average Bonchev–Trinajstić information content (AvgIpc) is 2.90. The molecule has 3 atom stereocenters. The topological polar surface area (TPSA) is 77.5 Å². The second-order valence-electron chi connectivity index (χ2n) is 9.12. The standard InChI is InChI=1S/C30H46Cl2N4O3/c1-8-12-24(10-3)18-33-19-25(38-11-4)20-39-29-17-22(5)34-21-35-30(15-14-28(29)37-7)36-23(6)16-27(32)26(31)13-9-2/h9,13-17,21,23-25,33H,2,8,10-12,18-20H2,1,3-7H3,(H,34,35,36)/b26-13+,27-16+. The van der Waals surface area contributed by atoms with Gasteiger partial charge in [0.05, 0.1) is 17.2 Å². The van der Waals surface area contributed by atoms with Gasteiger partial charge in [-0.15, -0.1) is 0 Å². The second kappa shape index (κ2) is 20.6. The van der Waals surface area contributed by atoms with Crippen LogP contribution < -0.4 is 20.1 Å². The van der Waals surface area contributed by atoms with Crippen LogP contribution >= 0.6 is 23.2 Å². The maximum Gasteiger partial charge on any atom is 0.163 e. The zero-order valence-corrected chi connectivity index (χ0v) is 25.8. The molecule has 1 rings (SSSR count). The van der Waals surface area contributed by atoms with E-state index in [0.717, 1.165) is 6.54 Å². The smallest absolute Gasteiger partial charge is 0.163 e. The first-order valence-corrected chi connectivity index (χ1v) is 14.4. The molecule has 0 radical (unpaired) electrons. The number of allylic oxidation sites excluding steroid dienone is 4. The third-order valence-corrected chi connectivity index (χ3v) is 6.58. The summed E-state index contributed by atoms with van der Waals surface area (Å²) in [6.07, 6.45) is 9.98. The van der Waals surface area contributed by atoms with Gasteiger partial charge in [0.2, 0.25) is 0 Å². The molecule has 1 aromatic heterocycles. The summed E-state index contributed by atoms with van der Waals surface area (Å²) in [4.78, 5) is 8.84. The highest BCUT2D eigenvalue weighted by molar-refractivity contribution is 6.44. The Morgan fingerprint density at radius 2 is 1.87 bits per heavy atom. The van der Waals surface area contributed by atoms with E-state index >= 15 is 0 Å². The van der Waals surface area contributed by atoms with Crippen molar-refractivity contribution in [2.45, 2.75) is 66.0 Å². The minimum Gasteiger partial charge on any atom is -0.493 e. The van der Waals surface area contributed by atoms with E-state index in [4.69, 9.17) is 37.4 Å². The number of aryl methyl sites for hydroxylation is 1. The number of methoxy groups -OCH3 is 1. The number of hydrogen-bond acceptors (Lipinski definition) is 7. The highest BCUT2D eigenvalue weighted by Gasteiger charge is 2.13. The molecule has 0 aromatic carbocycles. The summed E-state index contributed by atoms with van der Waals surface area (Å²) in [6, 6.07) is 5.26. The van der Waals surface area contributed by atoms with Gasteiger partial charge in [0, 0.05) is 31.0 Å². The SMILES string of the molecule is C=C/C=C(Cl)\C(Cl)=C/C(C)Nc1ccc(OC)c(OCC(CNCC(CC)CCC)OCC)cc(C)ncn1. The Labute approximate surface area is 245 Å². The highest BCUT2D eigenvalue weighted by atomic mass is 35.5. The Hall–Kier alpha value is -2.32. The number of aromatic nitrogens is 2. The van der Waals surface area contributed by atoms with Crippen LogP contribution in [0.1, 0.15) is 52.7 Å². The second-order valence-corrected chi connectivity index (χ2v) is 9.93. The average molecular weight is 582 g/mol. The Morgan fingerprint density at radius 1 is 1.10 bits per heavy atom.